The molecule has 35 heavy (non-hydrogen) atoms. The summed E-state index contributed by atoms with van der Waals surface area (Å²) in [4.78, 5) is 6.75. The maximum Gasteiger partial charge on any atom is 0.263 e. The minimum absolute atomic E-state index is 0.163. The molecule has 0 atom stereocenters. The molecule has 0 radical (unpaired) electrons. The topological polar surface area (TPSA) is 134 Å². The van der Waals surface area contributed by atoms with Gasteiger partial charge in [0.2, 0.25) is 0 Å². The molecule has 0 aliphatic carbocycles. The van der Waals surface area contributed by atoms with Crippen LogP contribution in [0.1, 0.15) is 49.8 Å². The van der Waals surface area contributed by atoms with Crippen molar-refractivity contribution in [2.75, 3.05) is 18.4 Å². The number of amidine groups is 1. The number of rotatable bonds is 7. The molecule has 10 nitrogen and oxygen atoms in total. The number of halogens is 2. The highest BCUT2D eigenvalue weighted by Gasteiger charge is 2.20. The van der Waals surface area contributed by atoms with Gasteiger partial charge in [-0.1, -0.05) is 0 Å². The number of nitrogens with zero attached hydrogens (tertiary/aromatic N) is 6. The van der Waals surface area contributed by atoms with Crippen LogP contribution in [0.25, 0.3) is 5.52 Å². The smallest absolute Gasteiger partial charge is 0.263 e. The van der Waals surface area contributed by atoms with Crippen LogP contribution in [0.2, 0.25) is 0 Å². The SMILES string of the molecule is CC(C)=NN/C(=N/N)c1cc(Nc2ncnn3ccc(CN4CCC(N)CC4)c23)cc(C(F)F)c1. The molecule has 0 spiro atoms. The van der Waals surface area contributed by atoms with Crippen LogP contribution in [0.4, 0.5) is 20.3 Å². The van der Waals surface area contributed by atoms with Crippen LogP contribution in [0.5, 0.6) is 0 Å². The number of nitrogens with one attached hydrogen (secondary N) is 2. The highest BCUT2D eigenvalue weighted by Crippen LogP contribution is 2.29. The fourth-order valence-corrected chi connectivity index (χ4v) is 4.05. The van der Waals surface area contributed by atoms with Crippen molar-refractivity contribution in [3.63, 3.8) is 0 Å². The van der Waals surface area contributed by atoms with Crippen molar-refractivity contribution in [1.29, 1.82) is 0 Å². The molecular formula is C23H30F2N10. The third kappa shape index (κ3) is 5.89. The highest BCUT2D eigenvalue weighted by molar-refractivity contribution is 6.00. The van der Waals surface area contributed by atoms with Crippen molar-refractivity contribution in [2.24, 2.45) is 21.8 Å². The molecular weight excluding hydrogens is 454 g/mol. The molecule has 3 aromatic rings. The molecule has 0 unspecified atom stereocenters. The Balaban J connectivity index is 1.67. The molecule has 12 heteroatoms. The van der Waals surface area contributed by atoms with Gasteiger partial charge in [0, 0.05) is 41.3 Å². The first-order valence-corrected chi connectivity index (χ1v) is 11.4. The van der Waals surface area contributed by atoms with Gasteiger partial charge in [-0.05, 0) is 69.6 Å². The first-order chi connectivity index (χ1) is 16.8. The van der Waals surface area contributed by atoms with Crippen LogP contribution >= 0.6 is 0 Å². The van der Waals surface area contributed by atoms with E-state index in [2.05, 4.69) is 35.9 Å². The molecule has 6 N–H and O–H groups in total. The Morgan fingerprint density at radius 1 is 1.23 bits per heavy atom. The second-order valence-electron chi connectivity index (χ2n) is 8.77. The van der Waals surface area contributed by atoms with E-state index in [0.717, 1.165) is 49.3 Å². The van der Waals surface area contributed by atoms with Gasteiger partial charge in [0.1, 0.15) is 11.8 Å². The van der Waals surface area contributed by atoms with Gasteiger partial charge >= 0.3 is 0 Å². The quantitative estimate of drug-likeness (QED) is 0.175. The summed E-state index contributed by atoms with van der Waals surface area (Å²) in [6, 6.07) is 6.62. The number of hydrazone groups is 2. The lowest BCUT2D eigenvalue weighted by Gasteiger charge is -2.29. The predicted octanol–water partition coefficient (Wildman–Crippen LogP) is 2.94. The first-order valence-electron chi connectivity index (χ1n) is 11.4. The Morgan fingerprint density at radius 2 is 2.00 bits per heavy atom. The maximum atomic E-state index is 13.7. The van der Waals surface area contributed by atoms with E-state index in [-0.39, 0.29) is 17.4 Å². The van der Waals surface area contributed by atoms with Crippen LogP contribution in [-0.2, 0) is 6.54 Å². The lowest BCUT2D eigenvalue weighted by atomic mass is 10.1. The summed E-state index contributed by atoms with van der Waals surface area (Å²) >= 11 is 0. The second-order valence-corrected chi connectivity index (χ2v) is 8.77. The Hall–Kier alpha value is -3.64. The van der Waals surface area contributed by atoms with E-state index >= 15 is 0 Å². The lowest BCUT2D eigenvalue weighted by molar-refractivity contribution is 0.151. The van der Waals surface area contributed by atoms with Crippen molar-refractivity contribution >= 4 is 28.6 Å². The van der Waals surface area contributed by atoms with E-state index < -0.39 is 6.43 Å². The van der Waals surface area contributed by atoms with Gasteiger partial charge in [-0.2, -0.15) is 15.3 Å². The van der Waals surface area contributed by atoms with Crippen molar-refractivity contribution in [3.05, 3.63) is 53.5 Å². The van der Waals surface area contributed by atoms with E-state index in [9.17, 15) is 8.78 Å². The van der Waals surface area contributed by atoms with Gasteiger partial charge in [-0.25, -0.2) is 18.3 Å². The van der Waals surface area contributed by atoms with Crippen molar-refractivity contribution in [2.45, 2.75) is 45.7 Å². The zero-order valence-corrected chi connectivity index (χ0v) is 19.7. The van der Waals surface area contributed by atoms with Gasteiger partial charge in [-0.3, -0.25) is 10.3 Å². The van der Waals surface area contributed by atoms with E-state index in [0.29, 0.717) is 17.1 Å². The van der Waals surface area contributed by atoms with Crippen LogP contribution in [0.15, 0.2) is 47.0 Å². The monoisotopic (exact) mass is 484 g/mol. The number of anilines is 2. The number of alkyl halides is 2. The Morgan fingerprint density at radius 3 is 2.69 bits per heavy atom. The normalized spacial score (nSPS) is 15.5. The molecule has 1 aromatic carbocycles. The summed E-state index contributed by atoms with van der Waals surface area (Å²) in [5.41, 5.74) is 11.9. The van der Waals surface area contributed by atoms with Gasteiger partial charge in [0.25, 0.3) is 6.43 Å². The predicted molar refractivity (Wildman–Crippen MR) is 133 cm³/mol. The molecule has 2 aromatic heterocycles. The van der Waals surface area contributed by atoms with Crippen molar-refractivity contribution < 1.29 is 8.78 Å². The zero-order chi connectivity index (χ0) is 24.9. The number of benzene rings is 1. The van der Waals surface area contributed by atoms with Crippen LogP contribution in [0, 0.1) is 0 Å². The van der Waals surface area contributed by atoms with Gasteiger partial charge in [0.15, 0.2) is 11.7 Å². The largest absolute Gasteiger partial charge is 0.338 e. The molecule has 0 bridgehead atoms. The highest BCUT2D eigenvalue weighted by atomic mass is 19.3. The molecule has 1 aliphatic rings. The number of nitrogens with two attached hydrogens (primary N) is 2. The van der Waals surface area contributed by atoms with E-state index in [1.807, 2.05) is 12.3 Å². The van der Waals surface area contributed by atoms with Gasteiger partial charge in [0.05, 0.1) is 0 Å². The van der Waals surface area contributed by atoms with Gasteiger partial charge in [-0.15, -0.1) is 0 Å². The van der Waals surface area contributed by atoms with Crippen LogP contribution in [0.3, 0.4) is 0 Å². The number of hydrogen-bond donors (Lipinski definition) is 4. The Kier molecular flexibility index (Phi) is 7.51. The zero-order valence-electron chi connectivity index (χ0n) is 19.7. The molecule has 186 valence electrons. The number of hydrogen-bond acceptors (Lipinski definition) is 8. The minimum atomic E-state index is -2.69. The van der Waals surface area contributed by atoms with Crippen LogP contribution in [-0.4, -0.2) is 50.2 Å². The van der Waals surface area contributed by atoms with E-state index in [1.165, 1.54) is 18.5 Å². The Labute approximate surface area is 202 Å². The summed E-state index contributed by atoms with van der Waals surface area (Å²) in [5.74, 6) is 6.18. The van der Waals surface area contributed by atoms with Crippen molar-refractivity contribution in [1.82, 2.24) is 24.9 Å². The second kappa shape index (κ2) is 10.7. The summed E-state index contributed by atoms with van der Waals surface area (Å²) in [7, 11) is 0. The standard InChI is InChI=1S/C23H30F2N10/c1-14(2)32-33-22(31-27)17-9-16(21(24)25)10-19(11-17)30-23-20-15(3-8-35(20)29-13-28-23)12-34-6-4-18(26)5-7-34/h3,8-11,13,18,21H,4-7,12,26-27H2,1-2H3,(H,31,33)(H,28,29,30). The summed E-state index contributed by atoms with van der Waals surface area (Å²) in [6.45, 7) is 6.13. The lowest BCUT2D eigenvalue weighted by Crippen LogP contribution is -2.39. The molecule has 3 heterocycles. The summed E-state index contributed by atoms with van der Waals surface area (Å²) in [5, 5.41) is 15.3. The Bertz CT molecular complexity index is 1220. The number of piperidine rings is 1. The number of likely N-dealkylation sites (tertiary alicyclic amines) is 1. The molecule has 1 fully saturated rings. The van der Waals surface area contributed by atoms with Gasteiger partial charge < -0.3 is 16.9 Å². The molecule has 0 amide bonds. The number of fused-ring (bicyclic) bond motifs is 1. The van der Waals surface area contributed by atoms with E-state index in [1.54, 1.807) is 24.4 Å². The molecule has 1 saturated heterocycles. The van der Waals surface area contributed by atoms with Crippen LogP contribution < -0.4 is 22.3 Å². The average Bonchev–Trinajstić information content (AvgIpc) is 3.24. The molecule has 4 rings (SSSR count). The molecule has 0 saturated carbocycles. The summed E-state index contributed by atoms with van der Waals surface area (Å²) in [6.07, 6.45) is 2.51. The fraction of sp³-hybridized carbons (Fsp3) is 0.391. The fourth-order valence-electron chi connectivity index (χ4n) is 4.05. The third-order valence-corrected chi connectivity index (χ3v) is 5.82. The average molecular weight is 485 g/mol. The maximum absolute atomic E-state index is 13.7. The van der Waals surface area contributed by atoms with Crippen molar-refractivity contribution in [3.8, 4) is 0 Å². The molecule has 1 aliphatic heterocycles. The summed E-state index contributed by atoms with van der Waals surface area (Å²) < 4.78 is 29.2. The number of aromatic nitrogens is 3. The third-order valence-electron chi connectivity index (χ3n) is 5.82. The van der Waals surface area contributed by atoms with E-state index in [4.69, 9.17) is 11.6 Å². The first kappa shape index (κ1) is 24.5. The minimum Gasteiger partial charge on any atom is -0.338 e.